The van der Waals surface area contributed by atoms with Crippen molar-refractivity contribution in [3.05, 3.63) is 0 Å². The fourth-order valence-electron chi connectivity index (χ4n) is 2.00. The first kappa shape index (κ1) is 15.8. The Kier molecular flexibility index (Phi) is 7.25. The third-order valence-electron chi connectivity index (χ3n) is 2.90. The lowest BCUT2D eigenvalue weighted by Crippen LogP contribution is -2.40. The van der Waals surface area contributed by atoms with Gasteiger partial charge in [-0.3, -0.25) is 9.79 Å². The van der Waals surface area contributed by atoms with Crippen molar-refractivity contribution in [2.45, 2.75) is 39.2 Å². The van der Waals surface area contributed by atoms with Crippen LogP contribution in [-0.4, -0.2) is 60.8 Å². The van der Waals surface area contributed by atoms with Gasteiger partial charge in [0.15, 0.2) is 5.96 Å². The molecule has 1 heterocycles. The van der Waals surface area contributed by atoms with Crippen LogP contribution in [0.4, 0.5) is 0 Å². The van der Waals surface area contributed by atoms with Crippen molar-refractivity contribution in [3.63, 3.8) is 0 Å². The number of likely N-dealkylation sites (tertiary alicyclic amines) is 1. The maximum Gasteiger partial charge on any atom is 0.305 e. The Morgan fingerprint density at radius 1 is 1.53 bits per heavy atom. The van der Waals surface area contributed by atoms with E-state index in [0.717, 1.165) is 25.5 Å². The van der Waals surface area contributed by atoms with Gasteiger partial charge >= 0.3 is 5.97 Å². The first-order valence-corrected chi connectivity index (χ1v) is 7.04. The van der Waals surface area contributed by atoms with E-state index in [1.165, 1.54) is 0 Å². The number of hydrogen-bond donors (Lipinski definition) is 2. The number of hydrogen-bond acceptors (Lipinski definition) is 4. The number of esters is 1. The van der Waals surface area contributed by atoms with Crippen LogP contribution in [0.25, 0.3) is 0 Å². The molecule has 1 aliphatic heterocycles. The predicted molar refractivity (Wildman–Crippen MR) is 74.0 cm³/mol. The van der Waals surface area contributed by atoms with E-state index in [1.807, 2.05) is 6.92 Å². The molecule has 0 aromatic carbocycles. The van der Waals surface area contributed by atoms with Crippen LogP contribution < -0.4 is 5.32 Å². The maximum atomic E-state index is 11.2. The van der Waals surface area contributed by atoms with E-state index >= 15 is 0 Å². The quantitative estimate of drug-likeness (QED) is 0.316. The molecule has 2 N–H and O–H groups in total. The van der Waals surface area contributed by atoms with Crippen molar-refractivity contribution in [1.29, 1.82) is 0 Å². The molecule has 1 aliphatic rings. The van der Waals surface area contributed by atoms with Crippen LogP contribution in [0.3, 0.4) is 0 Å². The Morgan fingerprint density at radius 3 is 2.89 bits per heavy atom. The fraction of sp³-hybridized carbons (Fsp3) is 0.846. The Balaban J connectivity index is 2.34. The van der Waals surface area contributed by atoms with Crippen molar-refractivity contribution >= 4 is 11.9 Å². The normalized spacial score (nSPS) is 19.6. The lowest BCUT2D eigenvalue weighted by atomic mass is 10.3. The number of aliphatic hydroxyl groups excluding tert-OH is 1. The van der Waals surface area contributed by atoms with Gasteiger partial charge < -0.3 is 20.1 Å². The number of ether oxygens (including phenoxy) is 1. The zero-order chi connectivity index (χ0) is 14.1. The summed E-state index contributed by atoms with van der Waals surface area (Å²) in [6.45, 7) is 7.08. The molecule has 0 unspecified atom stereocenters. The van der Waals surface area contributed by atoms with Gasteiger partial charge in [-0.1, -0.05) is 0 Å². The van der Waals surface area contributed by atoms with Crippen molar-refractivity contribution in [2.24, 2.45) is 4.99 Å². The number of nitrogens with one attached hydrogen (secondary N) is 1. The molecule has 0 aromatic rings. The van der Waals surface area contributed by atoms with Crippen molar-refractivity contribution < 1.29 is 14.6 Å². The summed E-state index contributed by atoms with van der Waals surface area (Å²) in [5, 5.41) is 12.7. The zero-order valence-corrected chi connectivity index (χ0v) is 11.9. The van der Waals surface area contributed by atoms with Gasteiger partial charge in [-0.25, -0.2) is 0 Å². The first-order chi connectivity index (χ1) is 9.17. The topological polar surface area (TPSA) is 74.2 Å². The van der Waals surface area contributed by atoms with Gasteiger partial charge in [-0.15, -0.1) is 0 Å². The minimum Gasteiger partial charge on any atom is -0.466 e. The Labute approximate surface area is 114 Å². The molecule has 0 aromatic heterocycles. The van der Waals surface area contributed by atoms with E-state index in [2.05, 4.69) is 15.2 Å². The highest BCUT2D eigenvalue weighted by Gasteiger charge is 2.22. The number of carbonyl (C=O) groups is 1. The van der Waals surface area contributed by atoms with Crippen LogP contribution in [-0.2, 0) is 9.53 Å². The molecule has 0 aliphatic carbocycles. The number of β-amino-alcohol motifs (C(OH)–C–C–N with tert-alkyl or cyclic N) is 1. The van der Waals surface area contributed by atoms with Crippen molar-refractivity contribution in [2.75, 3.05) is 32.8 Å². The number of carbonyl (C=O) groups excluding carboxylic acids is 1. The van der Waals surface area contributed by atoms with Crippen LogP contribution in [0, 0.1) is 0 Å². The zero-order valence-electron chi connectivity index (χ0n) is 11.9. The summed E-state index contributed by atoms with van der Waals surface area (Å²) < 4.78 is 4.86. The molecule has 0 bridgehead atoms. The molecular weight excluding hydrogens is 246 g/mol. The maximum absolute atomic E-state index is 11.2. The van der Waals surface area contributed by atoms with E-state index in [1.54, 1.807) is 6.92 Å². The summed E-state index contributed by atoms with van der Waals surface area (Å²) >= 11 is 0. The molecular formula is C13H25N3O3. The summed E-state index contributed by atoms with van der Waals surface area (Å²) in [7, 11) is 0. The third kappa shape index (κ3) is 5.92. The van der Waals surface area contributed by atoms with E-state index in [0.29, 0.717) is 32.5 Å². The second kappa shape index (κ2) is 8.74. The average Bonchev–Trinajstić information content (AvgIpc) is 2.80. The summed E-state index contributed by atoms with van der Waals surface area (Å²) in [4.78, 5) is 17.7. The Hall–Kier alpha value is -1.30. The molecule has 6 nitrogen and oxygen atoms in total. The molecule has 110 valence electrons. The highest BCUT2D eigenvalue weighted by molar-refractivity contribution is 5.80. The molecule has 1 saturated heterocycles. The van der Waals surface area contributed by atoms with Gasteiger partial charge in [0.2, 0.25) is 0 Å². The van der Waals surface area contributed by atoms with Gasteiger partial charge in [0, 0.05) is 32.6 Å². The standard InChI is InChI=1S/C13H25N3O3/c1-3-14-13(16-9-7-11(17)10-16)15-8-5-6-12(18)19-4-2/h11,17H,3-10H2,1-2H3,(H,14,15)/t11-/m1/s1. The minimum atomic E-state index is -0.261. The second-order valence-electron chi connectivity index (χ2n) is 4.53. The van der Waals surface area contributed by atoms with E-state index in [9.17, 15) is 9.90 Å². The second-order valence-corrected chi connectivity index (χ2v) is 4.53. The molecule has 0 spiro atoms. The molecule has 6 heteroatoms. The van der Waals surface area contributed by atoms with Gasteiger partial charge in [0.05, 0.1) is 12.7 Å². The average molecular weight is 271 g/mol. The fourth-order valence-corrected chi connectivity index (χ4v) is 2.00. The van der Waals surface area contributed by atoms with Gasteiger partial charge in [0.1, 0.15) is 0 Å². The molecule has 1 rings (SSSR count). The first-order valence-electron chi connectivity index (χ1n) is 7.04. The minimum absolute atomic E-state index is 0.167. The molecule has 1 atom stereocenters. The van der Waals surface area contributed by atoms with E-state index in [-0.39, 0.29) is 12.1 Å². The molecule has 1 fully saturated rings. The van der Waals surface area contributed by atoms with Crippen LogP contribution in [0.15, 0.2) is 4.99 Å². The predicted octanol–water partition coefficient (Wildman–Crippen LogP) is 0.362. The van der Waals surface area contributed by atoms with Crippen LogP contribution >= 0.6 is 0 Å². The van der Waals surface area contributed by atoms with E-state index in [4.69, 9.17) is 4.74 Å². The highest BCUT2D eigenvalue weighted by Crippen LogP contribution is 2.08. The van der Waals surface area contributed by atoms with Crippen LogP contribution in [0.5, 0.6) is 0 Å². The summed E-state index contributed by atoms with van der Waals surface area (Å²) in [5.74, 6) is 0.655. The van der Waals surface area contributed by atoms with Crippen LogP contribution in [0.1, 0.15) is 33.1 Å². The molecule has 0 radical (unpaired) electrons. The number of guanidine groups is 1. The summed E-state index contributed by atoms with van der Waals surface area (Å²) in [6, 6.07) is 0. The number of aliphatic imine (C=N–C) groups is 1. The molecule has 19 heavy (non-hydrogen) atoms. The Morgan fingerprint density at radius 2 is 2.32 bits per heavy atom. The van der Waals surface area contributed by atoms with Gasteiger partial charge in [0.25, 0.3) is 0 Å². The van der Waals surface area contributed by atoms with Crippen LogP contribution in [0.2, 0.25) is 0 Å². The monoisotopic (exact) mass is 271 g/mol. The number of rotatable bonds is 6. The van der Waals surface area contributed by atoms with Crippen molar-refractivity contribution in [1.82, 2.24) is 10.2 Å². The van der Waals surface area contributed by atoms with Gasteiger partial charge in [-0.05, 0) is 26.7 Å². The van der Waals surface area contributed by atoms with Crippen molar-refractivity contribution in [3.8, 4) is 0 Å². The number of nitrogens with zero attached hydrogens (tertiary/aromatic N) is 2. The lowest BCUT2D eigenvalue weighted by Gasteiger charge is -2.20. The third-order valence-corrected chi connectivity index (χ3v) is 2.90. The Bertz CT molecular complexity index is 308. The van der Waals surface area contributed by atoms with E-state index < -0.39 is 0 Å². The summed E-state index contributed by atoms with van der Waals surface area (Å²) in [6.07, 6.45) is 1.61. The lowest BCUT2D eigenvalue weighted by molar-refractivity contribution is -0.143. The highest BCUT2D eigenvalue weighted by atomic mass is 16.5. The number of aliphatic hydroxyl groups is 1. The molecule has 0 amide bonds. The largest absolute Gasteiger partial charge is 0.466 e. The molecule has 0 saturated carbocycles. The summed E-state index contributed by atoms with van der Waals surface area (Å²) in [5.41, 5.74) is 0. The SMILES string of the molecule is CCNC(=NCCCC(=O)OCC)N1CC[C@@H](O)C1. The smallest absolute Gasteiger partial charge is 0.305 e. The van der Waals surface area contributed by atoms with Gasteiger partial charge in [-0.2, -0.15) is 0 Å².